The van der Waals surface area contributed by atoms with Crippen LogP contribution in [0, 0.1) is 0 Å². The molecule has 7 heteroatoms. The summed E-state index contributed by atoms with van der Waals surface area (Å²) in [4.78, 5) is 13.3. The predicted molar refractivity (Wildman–Crippen MR) is 97.0 cm³/mol. The Balaban J connectivity index is 1.33. The molecule has 25 heavy (non-hydrogen) atoms. The van der Waals surface area contributed by atoms with Crippen LogP contribution < -0.4 is 5.32 Å². The zero-order valence-corrected chi connectivity index (χ0v) is 14.4. The van der Waals surface area contributed by atoms with Crippen LogP contribution in [0.15, 0.2) is 53.7 Å². The van der Waals surface area contributed by atoms with Crippen LogP contribution in [0.3, 0.4) is 0 Å². The average Bonchev–Trinajstić information content (AvgIpc) is 3.32. The number of carbonyl (C=O) groups excluding carboxylic acids is 1. The van der Waals surface area contributed by atoms with E-state index >= 15 is 0 Å². The maximum atomic E-state index is 12.2. The van der Waals surface area contributed by atoms with Crippen LogP contribution in [0.1, 0.15) is 17.5 Å². The zero-order valence-electron chi connectivity index (χ0n) is 13.6. The van der Waals surface area contributed by atoms with Gasteiger partial charge in [-0.2, -0.15) is 0 Å². The highest BCUT2D eigenvalue weighted by Gasteiger charge is 2.11. The maximum Gasteiger partial charge on any atom is 0.234 e. The van der Waals surface area contributed by atoms with Crippen LogP contribution >= 0.6 is 11.8 Å². The number of nitrogens with zero attached hydrogens (tertiary/aromatic N) is 4. The highest BCUT2D eigenvalue weighted by Crippen LogP contribution is 2.27. The normalized spacial score (nSPS) is 12.8. The molecule has 0 unspecified atom stereocenters. The molecule has 0 aliphatic heterocycles. The minimum absolute atomic E-state index is 0.0133. The molecule has 0 radical (unpaired) electrons. The van der Waals surface area contributed by atoms with Gasteiger partial charge >= 0.3 is 0 Å². The smallest absolute Gasteiger partial charge is 0.234 e. The molecule has 4 rings (SSSR count). The number of thioether (sulfide) groups is 1. The molecule has 0 saturated heterocycles. The number of anilines is 1. The second-order valence-electron chi connectivity index (χ2n) is 5.92. The van der Waals surface area contributed by atoms with E-state index in [9.17, 15) is 4.79 Å². The number of hydrogen-bond acceptors (Lipinski definition) is 5. The van der Waals surface area contributed by atoms with E-state index < -0.39 is 0 Å². The summed E-state index contributed by atoms with van der Waals surface area (Å²) in [7, 11) is 0. The van der Waals surface area contributed by atoms with Gasteiger partial charge in [0.15, 0.2) is 0 Å². The average molecular weight is 351 g/mol. The molecule has 1 N–H and O–H groups in total. The Labute approximate surface area is 149 Å². The highest BCUT2D eigenvalue weighted by molar-refractivity contribution is 8.00. The predicted octanol–water partition coefficient (Wildman–Crippen LogP) is 2.88. The number of benzene rings is 2. The Morgan fingerprint density at radius 1 is 1.12 bits per heavy atom. The monoisotopic (exact) mass is 351 g/mol. The summed E-state index contributed by atoms with van der Waals surface area (Å²) in [5.41, 5.74) is 4.49. The van der Waals surface area contributed by atoms with Crippen molar-refractivity contribution in [1.82, 2.24) is 20.2 Å². The quantitative estimate of drug-likeness (QED) is 0.716. The van der Waals surface area contributed by atoms with Crippen molar-refractivity contribution in [1.29, 1.82) is 0 Å². The van der Waals surface area contributed by atoms with E-state index in [0.29, 0.717) is 5.75 Å². The largest absolute Gasteiger partial charge is 0.325 e. The lowest BCUT2D eigenvalue weighted by Gasteiger charge is -2.07. The molecule has 1 amide bonds. The third kappa shape index (κ3) is 3.71. The second-order valence-corrected chi connectivity index (χ2v) is 6.97. The van der Waals surface area contributed by atoms with Crippen molar-refractivity contribution in [3.8, 4) is 5.69 Å². The van der Waals surface area contributed by atoms with Gasteiger partial charge in [-0.3, -0.25) is 4.79 Å². The third-order valence-corrected chi connectivity index (χ3v) is 5.20. The number of aromatic nitrogens is 4. The fraction of sp³-hybridized carbons (Fsp3) is 0.222. The molecule has 1 aromatic heterocycles. The van der Waals surface area contributed by atoms with E-state index in [1.165, 1.54) is 30.3 Å². The lowest BCUT2D eigenvalue weighted by Crippen LogP contribution is -2.14. The van der Waals surface area contributed by atoms with E-state index in [4.69, 9.17) is 0 Å². The van der Waals surface area contributed by atoms with Crippen molar-refractivity contribution < 1.29 is 4.79 Å². The Hall–Kier alpha value is -2.67. The molecule has 1 aliphatic rings. The van der Waals surface area contributed by atoms with Crippen LogP contribution in [0.25, 0.3) is 5.69 Å². The van der Waals surface area contributed by atoms with E-state index in [1.54, 1.807) is 16.4 Å². The first-order chi connectivity index (χ1) is 12.3. The minimum atomic E-state index is -0.0133. The van der Waals surface area contributed by atoms with Crippen LogP contribution in [-0.2, 0) is 17.6 Å². The van der Waals surface area contributed by atoms with Gasteiger partial charge in [0.1, 0.15) is 6.33 Å². The van der Waals surface area contributed by atoms with E-state index in [1.807, 2.05) is 24.3 Å². The van der Waals surface area contributed by atoms with Gasteiger partial charge in [0.2, 0.25) is 5.91 Å². The minimum Gasteiger partial charge on any atom is -0.325 e. The van der Waals surface area contributed by atoms with E-state index in [0.717, 1.165) is 22.7 Å². The van der Waals surface area contributed by atoms with E-state index in [2.05, 4.69) is 39.0 Å². The van der Waals surface area contributed by atoms with Gasteiger partial charge in [-0.15, -0.1) is 16.9 Å². The Kier molecular flexibility index (Phi) is 4.47. The number of fused-ring (bicyclic) bond motifs is 1. The van der Waals surface area contributed by atoms with Crippen molar-refractivity contribution in [3.05, 3.63) is 59.9 Å². The van der Waals surface area contributed by atoms with Crippen molar-refractivity contribution >= 4 is 23.4 Å². The summed E-state index contributed by atoms with van der Waals surface area (Å²) in [6, 6.07) is 13.9. The second kappa shape index (κ2) is 7.06. The summed E-state index contributed by atoms with van der Waals surface area (Å²) < 4.78 is 1.56. The van der Waals surface area contributed by atoms with Crippen molar-refractivity contribution in [2.45, 2.75) is 24.2 Å². The van der Waals surface area contributed by atoms with Crippen LogP contribution in [-0.4, -0.2) is 31.9 Å². The number of amides is 1. The Morgan fingerprint density at radius 2 is 1.96 bits per heavy atom. The Morgan fingerprint density at radius 3 is 2.76 bits per heavy atom. The summed E-state index contributed by atoms with van der Waals surface area (Å²) in [6.45, 7) is 0. The maximum absolute atomic E-state index is 12.2. The van der Waals surface area contributed by atoms with E-state index in [-0.39, 0.29) is 5.91 Å². The fourth-order valence-electron chi connectivity index (χ4n) is 2.96. The fourth-order valence-corrected chi connectivity index (χ4v) is 3.72. The molecular formula is C18H17N5OS. The molecule has 0 bridgehead atoms. The number of tetrazole rings is 1. The molecule has 0 saturated carbocycles. The van der Waals surface area contributed by atoms with Gasteiger partial charge in [0, 0.05) is 10.6 Å². The van der Waals surface area contributed by atoms with Crippen molar-refractivity contribution in [2.24, 2.45) is 0 Å². The highest BCUT2D eigenvalue weighted by atomic mass is 32.2. The summed E-state index contributed by atoms with van der Waals surface area (Å²) in [5, 5.41) is 14.0. The summed E-state index contributed by atoms with van der Waals surface area (Å²) in [6.07, 6.45) is 5.11. The standard InChI is InChI=1S/C18H17N5OS/c24-18(11-25-17-9-4-13-2-1-3-14(13)10-17)20-15-5-7-16(8-6-15)23-12-19-21-22-23/h4-10,12H,1-3,11H2,(H,20,24). The van der Waals surface area contributed by atoms with Crippen molar-refractivity contribution in [2.75, 3.05) is 11.1 Å². The molecular weight excluding hydrogens is 334 g/mol. The zero-order chi connectivity index (χ0) is 17.1. The number of aryl methyl sites for hydroxylation is 2. The molecule has 2 aromatic carbocycles. The Bertz CT molecular complexity index is 877. The van der Waals surface area contributed by atoms with Gasteiger partial charge in [-0.1, -0.05) is 6.07 Å². The first kappa shape index (κ1) is 15.8. The van der Waals surface area contributed by atoms with Gasteiger partial charge in [0.05, 0.1) is 11.4 Å². The van der Waals surface area contributed by atoms with Crippen LogP contribution in [0.2, 0.25) is 0 Å². The summed E-state index contributed by atoms with van der Waals surface area (Å²) >= 11 is 1.57. The number of nitrogens with one attached hydrogen (secondary N) is 1. The van der Waals surface area contributed by atoms with Crippen LogP contribution in [0.4, 0.5) is 5.69 Å². The lowest BCUT2D eigenvalue weighted by atomic mass is 10.1. The molecule has 0 atom stereocenters. The molecule has 0 spiro atoms. The molecule has 0 fully saturated rings. The van der Waals surface area contributed by atoms with Gasteiger partial charge < -0.3 is 5.32 Å². The van der Waals surface area contributed by atoms with Crippen LogP contribution in [0.5, 0.6) is 0 Å². The number of rotatable bonds is 5. The van der Waals surface area contributed by atoms with Gasteiger partial charge in [0.25, 0.3) is 0 Å². The number of carbonyl (C=O) groups is 1. The summed E-state index contributed by atoms with van der Waals surface area (Å²) in [5.74, 6) is 0.383. The molecule has 6 nitrogen and oxygen atoms in total. The first-order valence-corrected chi connectivity index (χ1v) is 9.14. The molecule has 3 aromatic rings. The molecule has 1 aliphatic carbocycles. The lowest BCUT2D eigenvalue weighted by molar-refractivity contribution is -0.113. The molecule has 126 valence electrons. The molecule has 1 heterocycles. The first-order valence-electron chi connectivity index (χ1n) is 8.16. The van der Waals surface area contributed by atoms with Crippen molar-refractivity contribution in [3.63, 3.8) is 0 Å². The SMILES string of the molecule is O=C(CSc1ccc2c(c1)CCC2)Nc1ccc(-n2cnnn2)cc1. The van der Waals surface area contributed by atoms with Gasteiger partial charge in [-0.25, -0.2) is 4.68 Å². The van der Waals surface area contributed by atoms with Gasteiger partial charge in [-0.05, 0) is 77.2 Å². The third-order valence-electron chi connectivity index (χ3n) is 4.20. The topological polar surface area (TPSA) is 72.7 Å². The number of hydrogen-bond donors (Lipinski definition) is 1.